The van der Waals surface area contributed by atoms with E-state index in [1.165, 1.54) is 27.8 Å². The van der Waals surface area contributed by atoms with Crippen molar-refractivity contribution in [3.05, 3.63) is 70.3 Å². The Bertz CT molecular complexity index is 567. The molecule has 112 valence electrons. The van der Waals surface area contributed by atoms with Gasteiger partial charge in [-0.05, 0) is 49.9 Å². The van der Waals surface area contributed by atoms with E-state index < -0.39 is 0 Å². The average molecular weight is 282 g/mol. The van der Waals surface area contributed by atoms with Crippen molar-refractivity contribution in [3.8, 4) is 0 Å². The van der Waals surface area contributed by atoms with Crippen LogP contribution in [0.4, 0.5) is 0 Å². The van der Waals surface area contributed by atoms with Gasteiger partial charge >= 0.3 is 0 Å². The van der Waals surface area contributed by atoms with Gasteiger partial charge in [0.25, 0.3) is 0 Å². The molecule has 0 fully saturated rings. The second kappa shape index (κ2) is 6.88. The standard InChI is InChI=1S/C19H26N2/c1-13-10-14(2)19(15(3)11-13)18(12-20)21-16(4)17-8-6-5-7-9-17/h5-11,16,18,21H,12,20H2,1-4H3. The number of hydrogen-bond donors (Lipinski definition) is 2. The van der Waals surface area contributed by atoms with Crippen LogP contribution in [0, 0.1) is 20.8 Å². The molecule has 0 heterocycles. The first-order valence-corrected chi connectivity index (χ1v) is 7.61. The van der Waals surface area contributed by atoms with Gasteiger partial charge in [0.1, 0.15) is 0 Å². The van der Waals surface area contributed by atoms with Gasteiger partial charge in [0.05, 0.1) is 0 Å². The maximum Gasteiger partial charge on any atom is 0.0454 e. The van der Waals surface area contributed by atoms with E-state index in [1.807, 2.05) is 6.07 Å². The van der Waals surface area contributed by atoms with Crippen molar-refractivity contribution in [1.29, 1.82) is 0 Å². The zero-order valence-electron chi connectivity index (χ0n) is 13.5. The average Bonchev–Trinajstić information content (AvgIpc) is 2.45. The zero-order chi connectivity index (χ0) is 15.4. The number of hydrogen-bond acceptors (Lipinski definition) is 2. The Morgan fingerprint density at radius 3 is 2.10 bits per heavy atom. The summed E-state index contributed by atoms with van der Waals surface area (Å²) >= 11 is 0. The minimum absolute atomic E-state index is 0.181. The number of rotatable bonds is 5. The van der Waals surface area contributed by atoms with Gasteiger partial charge in [0, 0.05) is 18.6 Å². The third kappa shape index (κ3) is 3.72. The molecule has 3 N–H and O–H groups in total. The predicted molar refractivity (Wildman–Crippen MR) is 90.4 cm³/mol. The molecular weight excluding hydrogens is 256 g/mol. The third-order valence-corrected chi connectivity index (χ3v) is 4.07. The fraction of sp³-hybridized carbons (Fsp3) is 0.368. The van der Waals surface area contributed by atoms with Gasteiger partial charge in [-0.15, -0.1) is 0 Å². The van der Waals surface area contributed by atoms with Crippen LogP contribution in [-0.4, -0.2) is 6.54 Å². The van der Waals surface area contributed by atoms with Crippen LogP contribution in [0.1, 0.15) is 46.8 Å². The molecule has 2 nitrogen and oxygen atoms in total. The number of benzene rings is 2. The predicted octanol–water partition coefficient (Wildman–Crippen LogP) is 3.96. The molecule has 0 saturated carbocycles. The fourth-order valence-corrected chi connectivity index (χ4v) is 3.15. The Morgan fingerprint density at radius 2 is 1.57 bits per heavy atom. The van der Waals surface area contributed by atoms with E-state index in [-0.39, 0.29) is 12.1 Å². The van der Waals surface area contributed by atoms with Gasteiger partial charge in [-0.25, -0.2) is 0 Å². The Hall–Kier alpha value is -1.64. The van der Waals surface area contributed by atoms with E-state index >= 15 is 0 Å². The molecule has 2 aromatic carbocycles. The molecule has 0 amide bonds. The lowest BCUT2D eigenvalue weighted by molar-refractivity contribution is 0.470. The van der Waals surface area contributed by atoms with Crippen LogP contribution in [0.3, 0.4) is 0 Å². The molecule has 0 aromatic heterocycles. The topological polar surface area (TPSA) is 38.0 Å². The molecule has 0 aliphatic carbocycles. The highest BCUT2D eigenvalue weighted by Crippen LogP contribution is 2.25. The molecule has 2 heteroatoms. The van der Waals surface area contributed by atoms with E-state index in [2.05, 4.69) is 69.4 Å². The molecule has 2 aromatic rings. The second-order valence-electron chi connectivity index (χ2n) is 5.90. The smallest absolute Gasteiger partial charge is 0.0454 e. The van der Waals surface area contributed by atoms with E-state index in [4.69, 9.17) is 5.73 Å². The van der Waals surface area contributed by atoms with Crippen LogP contribution in [0.5, 0.6) is 0 Å². The van der Waals surface area contributed by atoms with Crippen LogP contribution in [0.25, 0.3) is 0 Å². The minimum Gasteiger partial charge on any atom is -0.329 e. The summed E-state index contributed by atoms with van der Waals surface area (Å²) in [5, 5.41) is 3.68. The molecule has 2 atom stereocenters. The van der Waals surface area contributed by atoms with Crippen molar-refractivity contribution in [3.63, 3.8) is 0 Å². The maximum atomic E-state index is 6.04. The summed E-state index contributed by atoms with van der Waals surface area (Å²) < 4.78 is 0. The van der Waals surface area contributed by atoms with Gasteiger partial charge in [-0.2, -0.15) is 0 Å². The highest BCUT2D eigenvalue weighted by Gasteiger charge is 2.17. The molecule has 2 unspecified atom stereocenters. The van der Waals surface area contributed by atoms with Gasteiger partial charge in [-0.1, -0.05) is 48.0 Å². The minimum atomic E-state index is 0.181. The fourth-order valence-electron chi connectivity index (χ4n) is 3.15. The SMILES string of the molecule is Cc1cc(C)c(C(CN)NC(C)c2ccccc2)c(C)c1. The highest BCUT2D eigenvalue weighted by atomic mass is 15.0. The van der Waals surface area contributed by atoms with Crippen LogP contribution in [0.2, 0.25) is 0 Å². The normalized spacial score (nSPS) is 14.0. The zero-order valence-corrected chi connectivity index (χ0v) is 13.5. The molecule has 0 saturated heterocycles. The quantitative estimate of drug-likeness (QED) is 0.871. The molecule has 21 heavy (non-hydrogen) atoms. The van der Waals surface area contributed by atoms with E-state index in [9.17, 15) is 0 Å². The van der Waals surface area contributed by atoms with E-state index in [0.717, 1.165) is 0 Å². The molecule has 0 aliphatic rings. The Labute approximate surface area is 128 Å². The van der Waals surface area contributed by atoms with Crippen molar-refractivity contribution < 1.29 is 0 Å². The van der Waals surface area contributed by atoms with Crippen molar-refractivity contribution >= 4 is 0 Å². The summed E-state index contributed by atoms with van der Waals surface area (Å²) in [6, 6.07) is 15.4. The summed E-state index contributed by atoms with van der Waals surface area (Å²) in [7, 11) is 0. The lowest BCUT2D eigenvalue weighted by Crippen LogP contribution is -2.31. The monoisotopic (exact) mass is 282 g/mol. The van der Waals surface area contributed by atoms with Crippen molar-refractivity contribution in [2.75, 3.05) is 6.54 Å². The first-order valence-electron chi connectivity index (χ1n) is 7.61. The van der Waals surface area contributed by atoms with Gasteiger partial charge in [-0.3, -0.25) is 0 Å². The first kappa shape index (κ1) is 15.7. The van der Waals surface area contributed by atoms with Crippen molar-refractivity contribution in [1.82, 2.24) is 5.32 Å². The third-order valence-electron chi connectivity index (χ3n) is 4.07. The lowest BCUT2D eigenvalue weighted by Gasteiger charge is -2.26. The first-order chi connectivity index (χ1) is 10.0. The number of aryl methyl sites for hydroxylation is 3. The van der Waals surface area contributed by atoms with Crippen molar-refractivity contribution in [2.24, 2.45) is 5.73 Å². The molecule has 0 bridgehead atoms. The number of nitrogens with two attached hydrogens (primary N) is 1. The van der Waals surface area contributed by atoms with Crippen LogP contribution < -0.4 is 11.1 Å². The van der Waals surface area contributed by atoms with Crippen molar-refractivity contribution in [2.45, 2.75) is 39.8 Å². The molecular formula is C19H26N2. The summed E-state index contributed by atoms with van der Waals surface area (Å²) in [6.45, 7) is 9.28. The van der Waals surface area contributed by atoms with Gasteiger partial charge in [0.15, 0.2) is 0 Å². The Morgan fingerprint density at radius 1 is 1.00 bits per heavy atom. The summed E-state index contributed by atoms with van der Waals surface area (Å²) in [5.41, 5.74) is 12.6. The summed E-state index contributed by atoms with van der Waals surface area (Å²) in [4.78, 5) is 0. The largest absolute Gasteiger partial charge is 0.329 e. The molecule has 0 radical (unpaired) electrons. The summed E-state index contributed by atoms with van der Waals surface area (Å²) in [6.07, 6.45) is 0. The summed E-state index contributed by atoms with van der Waals surface area (Å²) in [5.74, 6) is 0. The molecule has 2 rings (SSSR count). The van der Waals surface area contributed by atoms with Gasteiger partial charge < -0.3 is 11.1 Å². The van der Waals surface area contributed by atoms with E-state index in [0.29, 0.717) is 6.54 Å². The molecule has 0 aliphatic heterocycles. The van der Waals surface area contributed by atoms with Crippen LogP contribution >= 0.6 is 0 Å². The van der Waals surface area contributed by atoms with Crippen LogP contribution in [0.15, 0.2) is 42.5 Å². The Balaban J connectivity index is 2.25. The second-order valence-corrected chi connectivity index (χ2v) is 5.90. The van der Waals surface area contributed by atoms with E-state index in [1.54, 1.807) is 0 Å². The maximum absolute atomic E-state index is 6.04. The molecule has 0 spiro atoms. The Kier molecular flexibility index (Phi) is 5.16. The highest BCUT2D eigenvalue weighted by molar-refractivity contribution is 5.40. The van der Waals surface area contributed by atoms with Gasteiger partial charge in [0.2, 0.25) is 0 Å². The number of nitrogens with one attached hydrogen (secondary N) is 1. The lowest BCUT2D eigenvalue weighted by atomic mass is 9.93. The van der Waals surface area contributed by atoms with Crippen LogP contribution in [-0.2, 0) is 0 Å².